The van der Waals surface area contributed by atoms with Gasteiger partial charge in [0.25, 0.3) is 0 Å². The number of nitrogens with zero attached hydrogens (tertiary/aromatic N) is 2. The van der Waals surface area contributed by atoms with Crippen molar-refractivity contribution >= 4 is 0 Å². The van der Waals surface area contributed by atoms with Gasteiger partial charge in [0.2, 0.25) is 5.89 Å². The molecule has 0 spiro atoms. The molecule has 1 rings (SSSR count). The number of methoxy groups -OCH3 is 1. The summed E-state index contributed by atoms with van der Waals surface area (Å²) in [5.74, 6) is 1.75. The third-order valence-electron chi connectivity index (χ3n) is 1.99. The Morgan fingerprint density at radius 3 is 2.80 bits per heavy atom. The summed E-state index contributed by atoms with van der Waals surface area (Å²) < 4.78 is 9.94. The van der Waals surface area contributed by atoms with E-state index in [1.807, 2.05) is 0 Å². The van der Waals surface area contributed by atoms with Crippen LogP contribution in [0.5, 0.6) is 0 Å². The van der Waals surface area contributed by atoms with Gasteiger partial charge in [-0.15, -0.1) is 0 Å². The highest BCUT2D eigenvalue weighted by Crippen LogP contribution is 2.08. The summed E-state index contributed by atoms with van der Waals surface area (Å²) in [5, 5.41) is 3.77. The van der Waals surface area contributed by atoms with Gasteiger partial charge in [-0.2, -0.15) is 4.98 Å². The molecule has 0 aliphatic heterocycles. The average molecular weight is 213 g/mol. The highest BCUT2D eigenvalue weighted by atomic mass is 16.5. The summed E-state index contributed by atoms with van der Waals surface area (Å²) in [6, 6.07) is 0.0841. The molecule has 1 atom stereocenters. The molecule has 0 aromatic carbocycles. The number of hydrogen-bond donors (Lipinski definition) is 1. The molecule has 0 radical (unpaired) electrons. The minimum absolute atomic E-state index is 0.0841. The van der Waals surface area contributed by atoms with E-state index in [0.29, 0.717) is 30.7 Å². The van der Waals surface area contributed by atoms with Gasteiger partial charge >= 0.3 is 0 Å². The number of ether oxygens (including phenoxy) is 1. The van der Waals surface area contributed by atoms with E-state index in [4.69, 9.17) is 15.0 Å². The van der Waals surface area contributed by atoms with Gasteiger partial charge in [0.15, 0.2) is 5.82 Å². The predicted octanol–water partition coefficient (Wildman–Crippen LogP) is 1.13. The highest BCUT2D eigenvalue weighted by molar-refractivity contribution is 4.87. The normalized spacial score (nSPS) is 13.4. The zero-order valence-corrected chi connectivity index (χ0v) is 9.56. The first-order valence-electron chi connectivity index (χ1n) is 5.17. The molecule has 86 valence electrons. The van der Waals surface area contributed by atoms with Crippen LogP contribution in [-0.4, -0.2) is 23.3 Å². The van der Waals surface area contributed by atoms with Gasteiger partial charge < -0.3 is 15.0 Å². The summed E-state index contributed by atoms with van der Waals surface area (Å²) in [7, 11) is 1.60. The Morgan fingerprint density at radius 1 is 1.47 bits per heavy atom. The molecule has 0 saturated heterocycles. The first-order chi connectivity index (χ1) is 7.11. The van der Waals surface area contributed by atoms with Crippen molar-refractivity contribution in [2.75, 3.05) is 7.11 Å². The summed E-state index contributed by atoms with van der Waals surface area (Å²) in [5.41, 5.74) is 5.93. The van der Waals surface area contributed by atoms with Gasteiger partial charge in [-0.3, -0.25) is 0 Å². The second-order valence-corrected chi connectivity index (χ2v) is 4.13. The van der Waals surface area contributed by atoms with Gasteiger partial charge in [0, 0.05) is 19.6 Å². The van der Waals surface area contributed by atoms with E-state index in [9.17, 15) is 0 Å². The highest BCUT2D eigenvalue weighted by Gasteiger charge is 2.12. The van der Waals surface area contributed by atoms with Crippen LogP contribution in [-0.2, 0) is 17.8 Å². The molecule has 0 aliphatic carbocycles. The fourth-order valence-electron chi connectivity index (χ4n) is 1.47. The lowest BCUT2D eigenvalue weighted by Gasteiger charge is -2.10. The monoisotopic (exact) mass is 213 g/mol. The molecule has 5 nitrogen and oxygen atoms in total. The molecular formula is C10H19N3O2. The Bertz CT molecular complexity index is 286. The third kappa shape index (κ3) is 4.40. The van der Waals surface area contributed by atoms with E-state index in [-0.39, 0.29) is 6.04 Å². The molecule has 2 N–H and O–H groups in total. The van der Waals surface area contributed by atoms with Crippen molar-refractivity contribution in [1.82, 2.24) is 10.1 Å². The van der Waals surface area contributed by atoms with Crippen LogP contribution in [0.4, 0.5) is 0 Å². The topological polar surface area (TPSA) is 74.2 Å². The molecular weight excluding hydrogens is 194 g/mol. The Kier molecular flexibility index (Phi) is 4.71. The maximum atomic E-state index is 5.93. The zero-order chi connectivity index (χ0) is 11.3. The lowest BCUT2D eigenvalue weighted by atomic mass is 10.0. The number of hydrogen-bond acceptors (Lipinski definition) is 5. The second-order valence-electron chi connectivity index (χ2n) is 4.13. The first kappa shape index (κ1) is 12.1. The molecule has 1 unspecified atom stereocenters. The number of nitrogens with two attached hydrogens (primary N) is 1. The van der Waals surface area contributed by atoms with Gasteiger partial charge in [-0.25, -0.2) is 0 Å². The summed E-state index contributed by atoms with van der Waals surface area (Å²) in [4.78, 5) is 4.16. The summed E-state index contributed by atoms with van der Waals surface area (Å²) in [6.07, 6.45) is 1.59. The minimum Gasteiger partial charge on any atom is -0.377 e. The van der Waals surface area contributed by atoms with Crippen molar-refractivity contribution in [3.05, 3.63) is 11.7 Å². The van der Waals surface area contributed by atoms with Crippen LogP contribution in [0, 0.1) is 5.92 Å². The smallest absolute Gasteiger partial charge is 0.228 e. The predicted molar refractivity (Wildman–Crippen MR) is 56.1 cm³/mol. The zero-order valence-electron chi connectivity index (χ0n) is 9.56. The Hall–Kier alpha value is -0.940. The van der Waals surface area contributed by atoms with Crippen molar-refractivity contribution in [2.24, 2.45) is 11.7 Å². The fraction of sp³-hybridized carbons (Fsp3) is 0.800. The van der Waals surface area contributed by atoms with E-state index in [0.717, 1.165) is 6.42 Å². The van der Waals surface area contributed by atoms with Crippen molar-refractivity contribution < 1.29 is 9.26 Å². The quantitative estimate of drug-likeness (QED) is 0.766. The van der Waals surface area contributed by atoms with E-state index in [2.05, 4.69) is 24.0 Å². The van der Waals surface area contributed by atoms with Gasteiger partial charge in [-0.05, 0) is 12.3 Å². The average Bonchev–Trinajstić information content (AvgIpc) is 2.51. The third-order valence-corrected chi connectivity index (χ3v) is 1.99. The van der Waals surface area contributed by atoms with Crippen LogP contribution in [0.1, 0.15) is 32.0 Å². The molecule has 5 heteroatoms. The molecule has 1 aromatic heterocycles. The SMILES string of the molecule is COCc1noc(CC(N)CC(C)C)n1. The molecule has 0 fully saturated rings. The number of aromatic nitrogens is 2. The minimum atomic E-state index is 0.0841. The molecule has 0 amide bonds. The lowest BCUT2D eigenvalue weighted by Crippen LogP contribution is -2.24. The van der Waals surface area contributed by atoms with Crippen LogP contribution in [0.15, 0.2) is 4.52 Å². The van der Waals surface area contributed by atoms with Gasteiger partial charge in [0.05, 0.1) is 0 Å². The summed E-state index contributed by atoms with van der Waals surface area (Å²) in [6.45, 7) is 4.66. The van der Waals surface area contributed by atoms with Crippen LogP contribution in [0.25, 0.3) is 0 Å². The van der Waals surface area contributed by atoms with Crippen LogP contribution < -0.4 is 5.73 Å². The van der Waals surface area contributed by atoms with Crippen LogP contribution >= 0.6 is 0 Å². The molecule has 15 heavy (non-hydrogen) atoms. The van der Waals surface area contributed by atoms with Crippen LogP contribution in [0.2, 0.25) is 0 Å². The van der Waals surface area contributed by atoms with Crippen LogP contribution in [0.3, 0.4) is 0 Å². The Labute approximate surface area is 90.0 Å². The largest absolute Gasteiger partial charge is 0.377 e. The van der Waals surface area contributed by atoms with Gasteiger partial charge in [0.1, 0.15) is 6.61 Å². The molecule has 0 aliphatic rings. The van der Waals surface area contributed by atoms with E-state index in [1.54, 1.807) is 7.11 Å². The van der Waals surface area contributed by atoms with Crippen molar-refractivity contribution in [3.63, 3.8) is 0 Å². The Morgan fingerprint density at radius 2 is 2.20 bits per heavy atom. The standard InChI is InChI=1S/C10H19N3O2/c1-7(2)4-8(11)5-10-12-9(6-14-3)13-15-10/h7-8H,4-6,11H2,1-3H3. The summed E-state index contributed by atoms with van der Waals surface area (Å²) >= 11 is 0. The van der Waals surface area contributed by atoms with Crippen molar-refractivity contribution in [2.45, 2.75) is 39.3 Å². The lowest BCUT2D eigenvalue weighted by molar-refractivity contribution is 0.174. The van der Waals surface area contributed by atoms with Crippen molar-refractivity contribution in [3.8, 4) is 0 Å². The van der Waals surface area contributed by atoms with E-state index >= 15 is 0 Å². The molecule has 1 heterocycles. The maximum Gasteiger partial charge on any atom is 0.228 e. The van der Waals surface area contributed by atoms with E-state index < -0.39 is 0 Å². The fourth-order valence-corrected chi connectivity index (χ4v) is 1.47. The number of rotatable bonds is 6. The molecule has 0 bridgehead atoms. The van der Waals surface area contributed by atoms with Crippen molar-refractivity contribution in [1.29, 1.82) is 0 Å². The van der Waals surface area contributed by atoms with E-state index in [1.165, 1.54) is 0 Å². The second kappa shape index (κ2) is 5.82. The Balaban J connectivity index is 2.42. The van der Waals surface area contributed by atoms with Gasteiger partial charge in [-0.1, -0.05) is 19.0 Å². The molecule has 0 saturated carbocycles. The molecule has 1 aromatic rings. The maximum absolute atomic E-state index is 5.93. The first-order valence-corrected chi connectivity index (χ1v) is 5.17.